The van der Waals surface area contributed by atoms with Gasteiger partial charge in [0.1, 0.15) is 34.5 Å². The van der Waals surface area contributed by atoms with Gasteiger partial charge >= 0.3 is 8.80 Å². The fourth-order valence-electron chi connectivity index (χ4n) is 18.5. The molecule has 0 amide bonds. The fraction of sp³-hybridized carbons (Fsp3) is 1.00. The first kappa shape index (κ1) is 118. The topological polar surface area (TPSA) is 434 Å². The molecule has 6 unspecified atom stereocenters. The summed E-state index contributed by atoms with van der Waals surface area (Å²) in [5.74, 6) is -6.04. The van der Waals surface area contributed by atoms with Crippen molar-refractivity contribution in [2.45, 2.75) is 378 Å². The van der Waals surface area contributed by atoms with Gasteiger partial charge in [-0.3, -0.25) is 56.7 Å². The molecular formula is C87H180N7O24S6Si+. The van der Waals surface area contributed by atoms with Crippen LogP contribution in [0.5, 0.6) is 0 Å². The molecule has 746 valence electrons. The molecule has 3 heterocycles. The Labute approximate surface area is 761 Å². The molecule has 0 aliphatic carbocycles. The van der Waals surface area contributed by atoms with Crippen LogP contribution in [0.4, 0.5) is 0 Å². The molecule has 9 N–H and O–H groups in total. The second-order valence-electron chi connectivity index (χ2n) is 37.4. The van der Waals surface area contributed by atoms with E-state index in [9.17, 15) is 93.1 Å². The average molecular weight is 1930 g/mol. The number of aliphatic hydroxyl groups excluding tert-OH is 3. The van der Waals surface area contributed by atoms with E-state index < -0.39 is 141 Å². The molecule has 31 nitrogen and oxygen atoms in total. The van der Waals surface area contributed by atoms with Crippen LogP contribution in [0.25, 0.3) is 0 Å². The van der Waals surface area contributed by atoms with Crippen molar-refractivity contribution in [2.24, 2.45) is 0 Å². The van der Waals surface area contributed by atoms with E-state index in [1.54, 1.807) is 29.4 Å². The van der Waals surface area contributed by atoms with Crippen molar-refractivity contribution in [3.8, 4) is 0 Å². The van der Waals surface area contributed by atoms with Crippen LogP contribution in [0, 0.1) is 0 Å². The van der Waals surface area contributed by atoms with Gasteiger partial charge in [0.05, 0.1) is 62.8 Å². The highest BCUT2D eigenvalue weighted by Crippen LogP contribution is 2.31. The first-order chi connectivity index (χ1) is 59.3. The third-order valence-electron chi connectivity index (χ3n) is 25.2. The number of unbranched alkanes of at least 4 members (excludes halogenated alkanes) is 45. The second kappa shape index (κ2) is 68.2. The van der Waals surface area contributed by atoms with Crippen LogP contribution < -0.4 is 0 Å². The van der Waals surface area contributed by atoms with Gasteiger partial charge in [-0.25, -0.2) is 0 Å². The lowest BCUT2D eigenvalue weighted by Gasteiger charge is -2.44. The van der Waals surface area contributed by atoms with Crippen LogP contribution in [0.3, 0.4) is 0 Å². The quantitative estimate of drug-likeness (QED) is 0.0118. The third-order valence-corrected chi connectivity index (χ3v) is 33.0. The van der Waals surface area contributed by atoms with Gasteiger partial charge in [0.15, 0.2) is 0 Å². The monoisotopic (exact) mass is 1930 g/mol. The number of β-amino-alcohol motifs (C(OH)–C–C–N with tert-alkyl or cyclic N) is 3. The Bertz CT molecular complexity index is 3050. The normalized spacial score (nSPS) is 18.0. The molecule has 0 aromatic rings. The number of quaternary nitrogens is 1. The number of rotatable bonds is 85. The summed E-state index contributed by atoms with van der Waals surface area (Å²) in [5.41, 5.74) is 0. The highest BCUT2D eigenvalue weighted by atomic mass is 32.2. The molecular weight excluding hydrogens is 1750 g/mol. The first-order valence-electron chi connectivity index (χ1n) is 49.3. The second-order valence-corrected chi connectivity index (χ2v) is 49.0. The van der Waals surface area contributed by atoms with Crippen LogP contribution in [0.15, 0.2) is 0 Å². The van der Waals surface area contributed by atoms with Gasteiger partial charge < -0.3 is 33.1 Å². The van der Waals surface area contributed by atoms with Crippen molar-refractivity contribution in [2.75, 3.05) is 179 Å². The molecule has 125 heavy (non-hydrogen) atoms. The summed E-state index contributed by atoms with van der Waals surface area (Å²) in [6, 6.07) is -0.214. The van der Waals surface area contributed by atoms with Gasteiger partial charge in [-0.1, -0.05) is 290 Å². The van der Waals surface area contributed by atoms with Crippen molar-refractivity contribution >= 4 is 69.5 Å². The highest BCUT2D eigenvalue weighted by Gasteiger charge is 2.51. The van der Waals surface area contributed by atoms with Crippen molar-refractivity contribution in [1.29, 1.82) is 0 Å². The molecule has 38 heteroatoms. The van der Waals surface area contributed by atoms with E-state index in [1.807, 2.05) is 0 Å². The van der Waals surface area contributed by atoms with E-state index in [0.717, 1.165) is 116 Å². The molecule has 6 atom stereocenters. The minimum atomic E-state index is -5.13. The largest absolute Gasteiger partial charge is 0.502 e. The van der Waals surface area contributed by atoms with Crippen LogP contribution >= 0.6 is 0 Å². The van der Waals surface area contributed by atoms with Gasteiger partial charge in [0, 0.05) is 130 Å². The fourth-order valence-corrected chi connectivity index (χ4v) is 25.7. The number of piperazine rings is 3. The lowest BCUT2D eigenvalue weighted by Crippen LogP contribution is -2.61. The Kier molecular flexibility index (Phi) is 64.6. The van der Waals surface area contributed by atoms with Crippen molar-refractivity contribution in [3.05, 3.63) is 0 Å². The lowest BCUT2D eigenvalue weighted by atomic mass is 10.0. The smallest absolute Gasteiger partial charge is 0.391 e. The van der Waals surface area contributed by atoms with Crippen LogP contribution in [-0.4, -0.2) is 351 Å². The van der Waals surface area contributed by atoms with E-state index >= 15 is 0 Å². The van der Waals surface area contributed by atoms with Gasteiger partial charge in [0.2, 0.25) is 0 Å². The number of hydrogen-bond acceptors (Lipinski definition) is 24. The Balaban J connectivity index is 2.27. The zero-order valence-corrected chi connectivity index (χ0v) is 83.7. The summed E-state index contributed by atoms with van der Waals surface area (Å²) in [7, 11) is -33.9. The molecule has 0 aromatic carbocycles. The van der Waals surface area contributed by atoms with Crippen molar-refractivity contribution in [1.82, 2.24) is 29.4 Å². The van der Waals surface area contributed by atoms with Gasteiger partial charge in [0.25, 0.3) is 60.7 Å². The molecule has 3 rings (SSSR count). The minimum absolute atomic E-state index is 0.144. The minimum Gasteiger partial charge on any atom is -0.391 e. The Morgan fingerprint density at radius 1 is 0.232 bits per heavy atom. The molecule has 3 aliphatic rings. The Hall–Kier alpha value is -0.843. The third kappa shape index (κ3) is 67.9. The zero-order chi connectivity index (χ0) is 92.2. The maximum Gasteiger partial charge on any atom is 0.502 e. The SMILES string of the molecule is CCCCCCCCCCCCCCCCCC[N+](CCCCCCCCCCCCCCCCCC)(CCCCCCCCCCCCCCCCCC)CCC[Si](OC(CN1CCN(CC(O)CS(=O)(=O)O)CC1)CS(=O)(=O)O)(OC(CN1CCN(CC(O)CS(=O)(=O)O)CC1)CS(=O)(=O)O)OC(CN1CCN(CC(O)CS(=O)(=O)O)CC1)CS(=O)(=O)O. The van der Waals surface area contributed by atoms with E-state index in [0.29, 0.717) is 11.0 Å². The summed E-state index contributed by atoms with van der Waals surface area (Å²) >= 11 is 0. The molecule has 3 fully saturated rings. The molecule has 0 saturated carbocycles. The number of nitrogens with zero attached hydrogens (tertiary/aromatic N) is 7. The molecule has 0 bridgehead atoms. The van der Waals surface area contributed by atoms with E-state index in [4.69, 9.17) is 13.3 Å². The maximum atomic E-state index is 13.7. The van der Waals surface area contributed by atoms with E-state index in [-0.39, 0.29) is 130 Å². The number of hydrogen-bond donors (Lipinski definition) is 9. The van der Waals surface area contributed by atoms with Gasteiger partial charge in [-0.2, -0.15) is 50.5 Å². The zero-order valence-electron chi connectivity index (χ0n) is 77.8. The number of aliphatic hydroxyl groups is 3. The predicted octanol–water partition coefficient (Wildman–Crippen LogP) is 13.3. The molecule has 0 radical (unpaired) electrons. The van der Waals surface area contributed by atoms with Crippen LogP contribution in [-0.2, 0) is 74.0 Å². The Morgan fingerprint density at radius 3 is 0.552 bits per heavy atom. The van der Waals surface area contributed by atoms with Gasteiger partial charge in [-0.15, -0.1) is 0 Å². The molecule has 0 spiro atoms. The molecule has 3 saturated heterocycles. The van der Waals surface area contributed by atoms with Gasteiger partial charge in [-0.05, 0) is 38.5 Å². The van der Waals surface area contributed by atoms with Crippen molar-refractivity contribution in [3.63, 3.8) is 0 Å². The average Bonchev–Trinajstić information content (AvgIpc) is 0.798. The molecule has 3 aliphatic heterocycles. The highest BCUT2D eigenvalue weighted by molar-refractivity contribution is 7.87. The Morgan fingerprint density at radius 2 is 0.384 bits per heavy atom. The van der Waals surface area contributed by atoms with E-state index in [2.05, 4.69) is 20.8 Å². The molecule has 0 aromatic heterocycles. The first-order valence-corrected chi connectivity index (χ1v) is 60.8. The standard InChI is InChI=1S/C87H179N7O24S6Si/c1-4-7-10-13-16-19-22-25-28-31-34-37-40-43-46-49-65-94(66-50-47-44-41-38-35-32-29-26-23-20-17-14-11-8-5-2,67-51-48-45-42-39-36-33-30-27-24-21-18-15-12-9-6-3)68-52-69-125(116-85(79-122(107,108)109)73-91-59-53-88(54-60-91)70-82(95)76-119(98,99)100,117-86(80-123(110,111)112)74-92-61-55-89(56-62-92)71-83(96)77-120(101,102)103)118-87(81-124(113,114)115)75-93-63-57-90(58-64-93)72-84(97)78-121(104,105)106/h82-87,95-97H,4-81H2,1-3H3,(H5-,98,99,100,101,102,103,104,105,106,107,108,109,110,111,112,113,114,115)/p+1. The van der Waals surface area contributed by atoms with Crippen LogP contribution in [0.2, 0.25) is 6.04 Å². The summed E-state index contributed by atoms with van der Waals surface area (Å²) in [4.78, 5) is 10.7. The summed E-state index contributed by atoms with van der Waals surface area (Å²) in [5, 5.41) is 32.0. The maximum absolute atomic E-state index is 13.7. The van der Waals surface area contributed by atoms with E-state index in [1.165, 1.54) is 212 Å². The predicted molar refractivity (Wildman–Crippen MR) is 503 cm³/mol. The van der Waals surface area contributed by atoms with Crippen LogP contribution in [0.1, 0.15) is 335 Å². The summed E-state index contributed by atoms with van der Waals surface area (Å²) in [6.45, 7) is 10.6. The summed E-state index contributed by atoms with van der Waals surface area (Å²) in [6.07, 6.45) is 49.2. The van der Waals surface area contributed by atoms with Crippen molar-refractivity contribution < 1.29 is 111 Å². The lowest BCUT2D eigenvalue weighted by molar-refractivity contribution is -0.929. The summed E-state index contributed by atoms with van der Waals surface area (Å²) < 4.78 is 237.